The van der Waals surface area contributed by atoms with Crippen molar-refractivity contribution in [2.45, 2.75) is 6.42 Å². The summed E-state index contributed by atoms with van der Waals surface area (Å²) in [6, 6.07) is 0. The molecule has 0 aromatic heterocycles. The van der Waals surface area contributed by atoms with Crippen LogP contribution < -0.4 is 0 Å². The quantitative estimate of drug-likeness (QED) is 0.438. The molecule has 0 saturated carbocycles. The molecule has 0 heterocycles. The smallest absolute Gasteiger partial charge is 0.0634 e. The Balaban J connectivity index is 2.91. The van der Waals surface area contributed by atoms with Crippen LogP contribution in [0.25, 0.3) is 0 Å². The van der Waals surface area contributed by atoms with E-state index in [9.17, 15) is 17.9 Å². The first-order valence-corrected chi connectivity index (χ1v) is 2.31. The summed E-state index contributed by atoms with van der Waals surface area (Å²) in [7, 11) is 0. The summed E-state index contributed by atoms with van der Waals surface area (Å²) in [5, 5.41) is -2.24. The third kappa shape index (κ3) is 7.64. The highest BCUT2D eigenvalue weighted by Gasteiger charge is 2.01. The van der Waals surface area contributed by atoms with Crippen molar-refractivity contribution in [2.24, 2.45) is 0 Å². The third-order valence-electron chi connectivity index (χ3n) is 0.654. The molecular formula is C3H6F4N2. The zero-order valence-electron chi connectivity index (χ0n) is 4.53. The van der Waals surface area contributed by atoms with Crippen molar-refractivity contribution in [2.75, 3.05) is 13.1 Å². The Morgan fingerprint density at radius 1 is 0.778 bits per heavy atom. The normalized spacial score (nSPS) is 11.3. The predicted octanol–water partition coefficient (Wildman–Crippen LogP) is 1.52. The van der Waals surface area contributed by atoms with Gasteiger partial charge in [0.2, 0.25) is 0 Å². The highest BCUT2D eigenvalue weighted by Crippen LogP contribution is 1.95. The van der Waals surface area contributed by atoms with Crippen LogP contribution in [-0.2, 0) is 0 Å². The van der Waals surface area contributed by atoms with Crippen molar-refractivity contribution in [1.29, 1.82) is 0 Å². The first-order chi connectivity index (χ1) is 4.13. The van der Waals surface area contributed by atoms with Gasteiger partial charge in [-0.05, 0) is 6.42 Å². The predicted molar refractivity (Wildman–Crippen MR) is 22.5 cm³/mol. The molecule has 0 aromatic rings. The van der Waals surface area contributed by atoms with Gasteiger partial charge in [0.05, 0.1) is 13.1 Å². The summed E-state index contributed by atoms with van der Waals surface area (Å²) in [5.74, 6) is 0. The summed E-state index contributed by atoms with van der Waals surface area (Å²) in [6.45, 7) is -1.24. The Labute approximate surface area is 49.4 Å². The lowest BCUT2D eigenvalue weighted by atomic mass is 10.4. The molecule has 0 amide bonds. The average Bonchev–Trinajstić information content (AvgIpc) is 1.63. The highest BCUT2D eigenvalue weighted by molar-refractivity contribution is 4.36. The molecule has 0 aromatic carbocycles. The fourth-order valence-corrected chi connectivity index (χ4v) is 0.310. The molecule has 0 bridgehead atoms. The molecular weight excluding hydrogens is 140 g/mol. The Kier molecular flexibility index (Phi) is 4.33. The molecule has 0 N–H and O–H groups in total. The summed E-state index contributed by atoms with van der Waals surface area (Å²) in [6.07, 6.45) is -0.236. The molecule has 0 aliphatic rings. The zero-order chi connectivity index (χ0) is 7.28. The largest absolute Gasteiger partial charge is 0.102 e. The van der Waals surface area contributed by atoms with E-state index < -0.39 is 23.8 Å². The lowest BCUT2D eigenvalue weighted by molar-refractivity contribution is -0.175. The molecule has 2 nitrogen and oxygen atoms in total. The second-order valence-corrected chi connectivity index (χ2v) is 1.41. The molecule has 0 rings (SSSR count). The van der Waals surface area contributed by atoms with Gasteiger partial charge in [0, 0.05) is 10.7 Å². The van der Waals surface area contributed by atoms with E-state index in [0.29, 0.717) is 0 Å². The van der Waals surface area contributed by atoms with Crippen LogP contribution in [0.5, 0.6) is 0 Å². The lowest BCUT2D eigenvalue weighted by Crippen LogP contribution is -2.10. The van der Waals surface area contributed by atoms with Crippen molar-refractivity contribution in [3.8, 4) is 0 Å². The number of rotatable bonds is 4. The zero-order valence-corrected chi connectivity index (χ0v) is 4.53. The first kappa shape index (κ1) is 8.64. The van der Waals surface area contributed by atoms with Crippen LogP contribution >= 0.6 is 0 Å². The topological polar surface area (TPSA) is 6.48 Å². The van der Waals surface area contributed by atoms with E-state index in [1.54, 1.807) is 0 Å². The number of halogens is 4. The lowest BCUT2D eigenvalue weighted by Gasteiger charge is -1.99. The Morgan fingerprint density at radius 2 is 1.11 bits per heavy atom. The molecule has 9 heavy (non-hydrogen) atoms. The minimum Gasteiger partial charge on any atom is -0.102 e. The fourth-order valence-electron chi connectivity index (χ4n) is 0.310. The maximum atomic E-state index is 11.1. The van der Waals surface area contributed by atoms with E-state index in [0.717, 1.165) is 0 Å². The Hall–Kier alpha value is -0.360. The third-order valence-corrected chi connectivity index (χ3v) is 0.654. The van der Waals surface area contributed by atoms with Crippen LogP contribution in [0.1, 0.15) is 6.42 Å². The van der Waals surface area contributed by atoms with Crippen LogP contribution in [0.15, 0.2) is 0 Å². The molecule has 6 heteroatoms. The highest BCUT2D eigenvalue weighted by atomic mass is 19.4. The van der Waals surface area contributed by atoms with Crippen molar-refractivity contribution in [3.63, 3.8) is 0 Å². The standard InChI is InChI=1S/C3H6F4N2/c4-8(5)2-1-3-9(6)7/h1-3H2. The van der Waals surface area contributed by atoms with Gasteiger partial charge in [-0.25, -0.2) is 0 Å². The van der Waals surface area contributed by atoms with Gasteiger partial charge in [-0.2, -0.15) is 0 Å². The molecule has 0 aliphatic heterocycles. The maximum absolute atomic E-state index is 11.1. The number of hydrogen-bond acceptors (Lipinski definition) is 2. The average molecular weight is 146 g/mol. The molecule has 56 valence electrons. The number of nitrogens with zero attached hydrogens (tertiary/aromatic N) is 2. The summed E-state index contributed by atoms with van der Waals surface area (Å²) in [4.78, 5) is 0. The van der Waals surface area contributed by atoms with E-state index >= 15 is 0 Å². The minimum atomic E-state index is -1.12. The van der Waals surface area contributed by atoms with Crippen LogP contribution in [-0.4, -0.2) is 23.8 Å². The van der Waals surface area contributed by atoms with Gasteiger partial charge in [0.25, 0.3) is 0 Å². The first-order valence-electron chi connectivity index (χ1n) is 2.31. The second-order valence-electron chi connectivity index (χ2n) is 1.41. The van der Waals surface area contributed by atoms with Crippen molar-refractivity contribution in [1.82, 2.24) is 10.7 Å². The summed E-state index contributed by atoms with van der Waals surface area (Å²) in [5.41, 5.74) is 0. The monoisotopic (exact) mass is 146 g/mol. The molecule has 0 fully saturated rings. The Bertz CT molecular complexity index is 58.8. The van der Waals surface area contributed by atoms with Gasteiger partial charge in [-0.1, -0.05) is 0 Å². The van der Waals surface area contributed by atoms with Crippen molar-refractivity contribution >= 4 is 0 Å². The molecule has 0 aliphatic carbocycles. The van der Waals surface area contributed by atoms with E-state index in [4.69, 9.17) is 0 Å². The van der Waals surface area contributed by atoms with Gasteiger partial charge >= 0.3 is 0 Å². The van der Waals surface area contributed by atoms with Gasteiger partial charge in [0.15, 0.2) is 0 Å². The summed E-state index contributed by atoms with van der Waals surface area (Å²) >= 11 is 0. The maximum Gasteiger partial charge on any atom is 0.0634 e. The van der Waals surface area contributed by atoms with Gasteiger partial charge in [-0.3, -0.25) is 0 Å². The van der Waals surface area contributed by atoms with Crippen LogP contribution in [0, 0.1) is 0 Å². The van der Waals surface area contributed by atoms with Gasteiger partial charge in [0.1, 0.15) is 0 Å². The van der Waals surface area contributed by atoms with Crippen LogP contribution in [0.4, 0.5) is 17.9 Å². The van der Waals surface area contributed by atoms with Crippen molar-refractivity contribution in [3.05, 3.63) is 0 Å². The molecule has 0 atom stereocenters. The van der Waals surface area contributed by atoms with E-state index in [1.807, 2.05) is 0 Å². The fraction of sp³-hybridized carbons (Fsp3) is 1.00. The minimum absolute atomic E-state index is 0.236. The second kappa shape index (κ2) is 4.51. The van der Waals surface area contributed by atoms with Crippen molar-refractivity contribution < 1.29 is 17.9 Å². The number of hydrogen-bond donors (Lipinski definition) is 0. The van der Waals surface area contributed by atoms with Gasteiger partial charge < -0.3 is 0 Å². The SMILES string of the molecule is FN(F)CCCN(F)F. The molecule has 0 saturated heterocycles. The molecule has 0 radical (unpaired) electrons. The molecule has 0 unspecified atom stereocenters. The summed E-state index contributed by atoms with van der Waals surface area (Å²) < 4.78 is 44.2. The molecule has 0 spiro atoms. The van der Waals surface area contributed by atoms with Gasteiger partial charge in [-0.15, -0.1) is 17.9 Å². The van der Waals surface area contributed by atoms with E-state index in [1.165, 1.54) is 0 Å². The van der Waals surface area contributed by atoms with E-state index in [2.05, 4.69) is 0 Å². The van der Waals surface area contributed by atoms with Crippen LogP contribution in [0.2, 0.25) is 0 Å². The van der Waals surface area contributed by atoms with E-state index in [-0.39, 0.29) is 6.42 Å². The Morgan fingerprint density at radius 3 is 1.33 bits per heavy atom. The van der Waals surface area contributed by atoms with Crippen LogP contribution in [0.3, 0.4) is 0 Å².